The fourth-order valence-corrected chi connectivity index (χ4v) is 7.00. The zero-order chi connectivity index (χ0) is 52.5. The largest absolute Gasteiger partial charge is 0.480 e. The predicted octanol–water partition coefficient (Wildman–Crippen LogP) is -2.31. The van der Waals surface area contributed by atoms with Crippen LogP contribution >= 0.6 is 0 Å². The van der Waals surface area contributed by atoms with Crippen molar-refractivity contribution in [2.24, 2.45) is 35.0 Å². The molecule has 0 aliphatic heterocycles. The van der Waals surface area contributed by atoms with E-state index in [0.717, 1.165) is 0 Å². The highest BCUT2D eigenvalue weighted by Gasteiger charge is 2.36. The number of benzene rings is 1. The van der Waals surface area contributed by atoms with Crippen molar-refractivity contribution in [1.82, 2.24) is 42.5 Å². The van der Waals surface area contributed by atoms with E-state index in [-0.39, 0.29) is 49.9 Å². The molecule has 0 fully saturated rings. The summed E-state index contributed by atoms with van der Waals surface area (Å²) in [6, 6.07) is -2.29. The number of nitrogens with one attached hydrogen (secondary N) is 8. The Balaban J connectivity index is 3.29. The zero-order valence-electron chi connectivity index (χ0n) is 41.1. The molecule has 9 atom stereocenters. The maximum Gasteiger partial charge on any atom is 0.326 e. The second kappa shape index (κ2) is 31.0. The molecular weight excluding hydrogens is 899 g/mol. The Morgan fingerprint density at radius 2 is 0.971 bits per heavy atom. The number of aliphatic hydroxyl groups excluding tert-OH is 1. The van der Waals surface area contributed by atoms with Crippen molar-refractivity contribution in [1.29, 1.82) is 0 Å². The summed E-state index contributed by atoms with van der Waals surface area (Å²) in [7, 11) is 0. The molecule has 1 aromatic rings. The molecular formula is C46H77N11O12. The molecule has 0 aliphatic carbocycles. The van der Waals surface area contributed by atoms with Crippen molar-refractivity contribution in [3.05, 3.63) is 35.9 Å². The molecule has 388 valence electrons. The predicted molar refractivity (Wildman–Crippen MR) is 255 cm³/mol. The molecule has 16 N–H and O–H groups in total. The summed E-state index contributed by atoms with van der Waals surface area (Å²) in [5.74, 6) is -9.55. The van der Waals surface area contributed by atoms with Gasteiger partial charge in [-0.15, -0.1) is 0 Å². The lowest BCUT2D eigenvalue weighted by molar-refractivity contribution is -0.143. The van der Waals surface area contributed by atoms with E-state index in [1.165, 1.54) is 13.8 Å². The van der Waals surface area contributed by atoms with E-state index in [0.29, 0.717) is 24.9 Å². The number of carbonyl (C=O) groups is 10. The lowest BCUT2D eigenvalue weighted by Gasteiger charge is -2.29. The molecule has 23 heteroatoms. The Hall–Kier alpha value is -6.20. The van der Waals surface area contributed by atoms with E-state index in [9.17, 15) is 58.2 Å². The van der Waals surface area contributed by atoms with E-state index in [1.807, 2.05) is 0 Å². The number of amides is 9. The number of aliphatic hydroxyl groups is 1. The summed E-state index contributed by atoms with van der Waals surface area (Å²) in [6.45, 7) is 13.0. The minimum absolute atomic E-state index is 0.00824. The monoisotopic (exact) mass is 976 g/mol. The van der Waals surface area contributed by atoms with Gasteiger partial charge in [0.05, 0.1) is 19.1 Å². The van der Waals surface area contributed by atoms with Crippen LogP contribution in [0.3, 0.4) is 0 Å². The molecule has 0 radical (unpaired) electrons. The minimum Gasteiger partial charge on any atom is -0.480 e. The molecule has 23 nitrogen and oxygen atoms in total. The number of rotatable bonds is 32. The number of hydrogen-bond acceptors (Lipinski definition) is 13. The van der Waals surface area contributed by atoms with Gasteiger partial charge in [-0.2, -0.15) is 0 Å². The topological polar surface area (TPSA) is 385 Å². The number of hydrogen-bond donors (Lipinski definition) is 13. The maximum absolute atomic E-state index is 13.9. The first-order chi connectivity index (χ1) is 32.3. The normalized spacial score (nSPS) is 15.2. The Labute approximate surface area is 404 Å². The molecule has 0 unspecified atom stereocenters. The molecule has 69 heavy (non-hydrogen) atoms. The SMILES string of the molecule is CC(C)C[C@H](NC(=O)[C@H](CCCCN)NC(=O)[C@H](C)NC(=O)[C@H](CC(C)C)NC(=O)[C@@H](NC(=O)[C@H](CC(C)C)NC(=O)[C@H](CC(N)=O)NC(=O)[C@H](Cc1ccccc1)NC(=O)CN)[C@@H](C)O)C(=O)O. The van der Waals surface area contributed by atoms with E-state index < -0.39 is 127 Å². The van der Waals surface area contributed by atoms with E-state index in [1.54, 1.807) is 71.9 Å². The fourth-order valence-electron chi connectivity index (χ4n) is 7.00. The van der Waals surface area contributed by atoms with Gasteiger partial charge in [0.1, 0.15) is 48.3 Å². The highest BCUT2D eigenvalue weighted by atomic mass is 16.4. The van der Waals surface area contributed by atoms with Gasteiger partial charge in [0, 0.05) is 6.42 Å². The number of carboxylic acid groups (broad SMARTS) is 1. The van der Waals surface area contributed by atoms with Gasteiger partial charge in [-0.3, -0.25) is 43.2 Å². The molecule has 0 spiro atoms. The number of unbranched alkanes of at least 4 members (excludes halogenated alkanes) is 1. The Morgan fingerprint density at radius 1 is 0.522 bits per heavy atom. The fraction of sp³-hybridized carbons (Fsp3) is 0.652. The van der Waals surface area contributed by atoms with Crippen molar-refractivity contribution >= 4 is 59.1 Å². The van der Waals surface area contributed by atoms with Gasteiger partial charge in [0.25, 0.3) is 0 Å². The summed E-state index contributed by atoms with van der Waals surface area (Å²) in [5.41, 5.74) is 17.2. The van der Waals surface area contributed by atoms with Crippen LogP contribution in [0.4, 0.5) is 0 Å². The van der Waals surface area contributed by atoms with Crippen molar-refractivity contribution in [2.45, 2.75) is 161 Å². The van der Waals surface area contributed by atoms with Crippen LogP contribution in [0.2, 0.25) is 0 Å². The smallest absolute Gasteiger partial charge is 0.326 e. The van der Waals surface area contributed by atoms with Crippen molar-refractivity contribution in [2.75, 3.05) is 13.1 Å². The van der Waals surface area contributed by atoms with E-state index in [4.69, 9.17) is 17.2 Å². The van der Waals surface area contributed by atoms with Gasteiger partial charge in [-0.1, -0.05) is 71.9 Å². The van der Waals surface area contributed by atoms with Crippen LogP contribution in [-0.2, 0) is 54.4 Å². The highest BCUT2D eigenvalue weighted by molar-refractivity contribution is 5.99. The second-order valence-corrected chi connectivity index (χ2v) is 18.5. The summed E-state index contributed by atoms with van der Waals surface area (Å²) in [5, 5.41) is 40.4. The van der Waals surface area contributed by atoms with Crippen LogP contribution in [0.15, 0.2) is 30.3 Å². The third-order valence-corrected chi connectivity index (χ3v) is 10.6. The van der Waals surface area contributed by atoms with Gasteiger partial charge in [0.15, 0.2) is 0 Å². The molecule has 1 aromatic carbocycles. The number of carbonyl (C=O) groups excluding carboxylic acids is 9. The average Bonchev–Trinajstić information content (AvgIpc) is 3.25. The number of aliphatic carboxylic acids is 1. The number of nitrogens with two attached hydrogens (primary N) is 3. The first kappa shape index (κ1) is 60.8. The standard InChI is InChI=1S/C46H77N11O12/c1-24(2)18-31(41(63)50-27(7)39(61)52-30(16-12-13-17-47)40(62)56-35(46(68)69)20-26(5)6)55-45(67)38(28(8)58)57-44(66)32(19-25(3)4)53-43(65)34(22-36(49)59)54-42(64)33(51-37(60)23-48)21-29-14-10-9-11-15-29/h9-11,14-15,24-28,30-35,38,58H,12-13,16-23,47-48H2,1-8H3,(H2,49,59)(H,50,63)(H,51,60)(H,52,61)(H,53,65)(H,54,64)(H,55,67)(H,56,62)(H,57,66)(H,68,69)/t27-,28+,30-,31-,32-,33-,34-,35-,38-/m0/s1. The molecule has 0 aromatic heterocycles. The van der Waals surface area contributed by atoms with Crippen LogP contribution in [0, 0.1) is 17.8 Å². The first-order valence-electron chi connectivity index (χ1n) is 23.3. The second-order valence-electron chi connectivity index (χ2n) is 18.5. The molecule has 1 rings (SSSR count). The van der Waals surface area contributed by atoms with Crippen LogP contribution in [0.5, 0.6) is 0 Å². The molecule has 0 aliphatic rings. The van der Waals surface area contributed by atoms with Gasteiger partial charge in [-0.25, -0.2) is 4.79 Å². The Kier molecular flexibility index (Phi) is 27.4. The third kappa shape index (κ3) is 23.6. The summed E-state index contributed by atoms with van der Waals surface area (Å²) < 4.78 is 0. The highest BCUT2D eigenvalue weighted by Crippen LogP contribution is 2.12. The van der Waals surface area contributed by atoms with Crippen molar-refractivity contribution < 1.29 is 58.2 Å². The Morgan fingerprint density at radius 3 is 1.46 bits per heavy atom. The lowest BCUT2D eigenvalue weighted by Crippen LogP contribution is -2.62. The first-order valence-corrected chi connectivity index (χ1v) is 23.3. The molecule has 0 saturated carbocycles. The average molecular weight is 976 g/mol. The van der Waals surface area contributed by atoms with E-state index in [2.05, 4.69) is 42.5 Å². The summed E-state index contributed by atoms with van der Waals surface area (Å²) in [4.78, 5) is 132. The van der Waals surface area contributed by atoms with Gasteiger partial charge < -0.3 is 69.9 Å². The third-order valence-electron chi connectivity index (χ3n) is 10.6. The summed E-state index contributed by atoms with van der Waals surface area (Å²) >= 11 is 0. The van der Waals surface area contributed by atoms with Crippen LogP contribution < -0.4 is 59.7 Å². The molecule has 9 amide bonds. The quantitative estimate of drug-likeness (QED) is 0.0338. The zero-order valence-corrected chi connectivity index (χ0v) is 41.1. The number of carboxylic acids is 1. The Bertz CT molecular complexity index is 1880. The minimum atomic E-state index is -1.70. The van der Waals surface area contributed by atoms with Crippen molar-refractivity contribution in [3.8, 4) is 0 Å². The maximum atomic E-state index is 13.9. The number of primary amides is 1. The molecule has 0 heterocycles. The van der Waals surface area contributed by atoms with Crippen LogP contribution in [-0.4, -0.2) is 137 Å². The summed E-state index contributed by atoms with van der Waals surface area (Å²) in [6.07, 6.45) is -1.06. The van der Waals surface area contributed by atoms with Crippen LogP contribution in [0.1, 0.15) is 106 Å². The molecule has 0 bridgehead atoms. The van der Waals surface area contributed by atoms with Gasteiger partial charge in [-0.05, 0) is 82.2 Å². The van der Waals surface area contributed by atoms with Gasteiger partial charge >= 0.3 is 5.97 Å². The van der Waals surface area contributed by atoms with Crippen molar-refractivity contribution in [3.63, 3.8) is 0 Å². The van der Waals surface area contributed by atoms with Gasteiger partial charge in [0.2, 0.25) is 53.2 Å². The van der Waals surface area contributed by atoms with E-state index >= 15 is 0 Å². The molecule has 0 saturated heterocycles. The lowest BCUT2D eigenvalue weighted by atomic mass is 10.00. The van der Waals surface area contributed by atoms with Crippen LogP contribution in [0.25, 0.3) is 0 Å².